The number of pyridine rings is 1. The smallest absolute Gasteiger partial charge is 0.363 e. The van der Waals surface area contributed by atoms with Gasteiger partial charge >= 0.3 is 6.18 Å². The molecule has 2 aromatic heterocycles. The Labute approximate surface area is 164 Å². The number of alkyl halides is 3. The monoisotopic (exact) mass is 408 g/mol. The van der Waals surface area contributed by atoms with Crippen molar-refractivity contribution in [3.63, 3.8) is 0 Å². The summed E-state index contributed by atoms with van der Waals surface area (Å²) in [4.78, 5) is 10.7. The number of morpholine rings is 1. The summed E-state index contributed by atoms with van der Waals surface area (Å²) in [5.74, 6) is 0.724. The van der Waals surface area contributed by atoms with E-state index in [0.717, 1.165) is 32.9 Å². The van der Waals surface area contributed by atoms with Crippen LogP contribution in [0.1, 0.15) is 18.3 Å². The SMILES string of the molecule is Cc1nsc(-c2ccnc3cc(CN4C[C@@H](C)O[C@@H](C(F)(F)F)C4)ccc23)n1. The van der Waals surface area contributed by atoms with Gasteiger partial charge in [0.25, 0.3) is 0 Å². The van der Waals surface area contributed by atoms with Gasteiger partial charge in [0.2, 0.25) is 0 Å². The highest BCUT2D eigenvalue weighted by Crippen LogP contribution is 2.31. The number of hydrogen-bond donors (Lipinski definition) is 0. The van der Waals surface area contributed by atoms with E-state index in [4.69, 9.17) is 4.74 Å². The van der Waals surface area contributed by atoms with E-state index >= 15 is 0 Å². The Kier molecular flexibility index (Phi) is 5.07. The molecular formula is C19H19F3N4OS. The molecule has 0 spiro atoms. The zero-order chi connectivity index (χ0) is 19.9. The summed E-state index contributed by atoms with van der Waals surface area (Å²) in [6.07, 6.45) is -4.85. The Morgan fingerprint density at radius 2 is 2.07 bits per heavy atom. The van der Waals surface area contributed by atoms with Crippen LogP contribution in [0.25, 0.3) is 21.5 Å². The second-order valence-corrected chi connectivity index (χ2v) is 7.78. The van der Waals surface area contributed by atoms with Gasteiger partial charge in [-0.25, -0.2) is 4.98 Å². The van der Waals surface area contributed by atoms with Crippen molar-refractivity contribution in [3.05, 3.63) is 41.9 Å². The molecule has 4 rings (SSSR count). The molecule has 0 radical (unpaired) electrons. The molecule has 0 unspecified atom stereocenters. The van der Waals surface area contributed by atoms with Gasteiger partial charge in [0.05, 0.1) is 11.6 Å². The van der Waals surface area contributed by atoms with Gasteiger partial charge < -0.3 is 4.74 Å². The van der Waals surface area contributed by atoms with Crippen molar-refractivity contribution < 1.29 is 17.9 Å². The standard InChI is InChI=1S/C19H19F3N4OS/c1-11-8-26(10-17(27-11)19(20,21)22)9-13-3-4-14-15(5-6-23-16(14)7-13)18-24-12(2)25-28-18/h3-7,11,17H,8-10H2,1-2H3/t11-,17-/m1/s1. The molecule has 9 heteroatoms. The Hall–Kier alpha value is -2.10. The number of nitrogens with zero attached hydrogens (tertiary/aromatic N) is 4. The van der Waals surface area contributed by atoms with Gasteiger partial charge in [0, 0.05) is 36.8 Å². The molecule has 148 valence electrons. The highest BCUT2D eigenvalue weighted by atomic mass is 32.1. The van der Waals surface area contributed by atoms with Crippen molar-refractivity contribution in [2.24, 2.45) is 0 Å². The topological polar surface area (TPSA) is 51.1 Å². The first-order valence-corrected chi connectivity index (χ1v) is 9.70. The zero-order valence-electron chi connectivity index (χ0n) is 15.4. The van der Waals surface area contributed by atoms with Gasteiger partial charge in [0.15, 0.2) is 6.10 Å². The lowest BCUT2D eigenvalue weighted by atomic mass is 10.1. The number of rotatable bonds is 3. The summed E-state index contributed by atoms with van der Waals surface area (Å²) >= 11 is 1.34. The minimum Gasteiger partial charge on any atom is -0.363 e. The van der Waals surface area contributed by atoms with Crippen molar-refractivity contribution in [1.82, 2.24) is 19.2 Å². The number of aromatic nitrogens is 3. The largest absolute Gasteiger partial charge is 0.415 e. The fourth-order valence-corrected chi connectivity index (χ4v) is 4.20. The van der Waals surface area contributed by atoms with Gasteiger partial charge in [-0.15, -0.1) is 0 Å². The Morgan fingerprint density at radius 1 is 1.25 bits per heavy atom. The number of hydrogen-bond acceptors (Lipinski definition) is 6. The van der Waals surface area contributed by atoms with Crippen LogP contribution in [0, 0.1) is 6.92 Å². The molecule has 0 saturated carbocycles. The maximum atomic E-state index is 13.1. The summed E-state index contributed by atoms with van der Waals surface area (Å²) < 4.78 is 48.5. The van der Waals surface area contributed by atoms with E-state index in [9.17, 15) is 13.2 Å². The maximum Gasteiger partial charge on any atom is 0.415 e. The molecule has 1 fully saturated rings. The van der Waals surface area contributed by atoms with Crippen molar-refractivity contribution >= 4 is 22.4 Å². The van der Waals surface area contributed by atoms with Crippen molar-refractivity contribution in [2.75, 3.05) is 13.1 Å². The lowest BCUT2D eigenvalue weighted by molar-refractivity contribution is -0.252. The summed E-state index contributed by atoms with van der Waals surface area (Å²) in [6, 6.07) is 7.72. The average Bonchev–Trinajstić information content (AvgIpc) is 3.06. The lowest BCUT2D eigenvalue weighted by Crippen LogP contribution is -2.51. The second kappa shape index (κ2) is 7.38. The summed E-state index contributed by atoms with van der Waals surface area (Å²) in [5, 5.41) is 1.78. The molecule has 1 aliphatic heterocycles. The van der Waals surface area contributed by atoms with Crippen LogP contribution >= 0.6 is 11.5 Å². The van der Waals surface area contributed by atoms with Crippen LogP contribution in [0.15, 0.2) is 30.5 Å². The van der Waals surface area contributed by atoms with Gasteiger partial charge in [-0.3, -0.25) is 9.88 Å². The van der Waals surface area contributed by atoms with E-state index in [-0.39, 0.29) is 6.54 Å². The summed E-state index contributed by atoms with van der Waals surface area (Å²) in [6.45, 7) is 4.23. The third-order valence-corrected chi connectivity index (χ3v) is 5.51. The first kappa shape index (κ1) is 19.2. The van der Waals surface area contributed by atoms with E-state index in [1.165, 1.54) is 11.5 Å². The minimum absolute atomic E-state index is 0.163. The molecular weight excluding hydrogens is 389 g/mol. The number of fused-ring (bicyclic) bond motifs is 1. The van der Waals surface area contributed by atoms with Crippen LogP contribution < -0.4 is 0 Å². The predicted octanol–water partition coefficient (Wildman–Crippen LogP) is 4.21. The number of benzene rings is 1. The number of ether oxygens (including phenoxy) is 1. The van der Waals surface area contributed by atoms with Crippen LogP contribution in [0.4, 0.5) is 13.2 Å². The van der Waals surface area contributed by atoms with Gasteiger partial charge in [-0.2, -0.15) is 17.5 Å². The van der Waals surface area contributed by atoms with Crippen molar-refractivity contribution in [2.45, 2.75) is 38.8 Å². The lowest BCUT2D eigenvalue weighted by Gasteiger charge is -2.37. The van der Waals surface area contributed by atoms with E-state index in [1.54, 1.807) is 18.0 Å². The predicted molar refractivity (Wildman–Crippen MR) is 101 cm³/mol. The van der Waals surface area contributed by atoms with E-state index < -0.39 is 18.4 Å². The Morgan fingerprint density at radius 3 is 2.79 bits per heavy atom. The molecule has 0 N–H and O–H groups in total. The normalized spacial score (nSPS) is 21.3. The fraction of sp³-hybridized carbons (Fsp3) is 0.421. The van der Waals surface area contributed by atoms with Crippen LogP contribution in [0.3, 0.4) is 0 Å². The third kappa shape index (κ3) is 4.01. The van der Waals surface area contributed by atoms with Crippen molar-refractivity contribution in [3.8, 4) is 10.6 Å². The van der Waals surface area contributed by atoms with E-state index in [0.29, 0.717) is 13.1 Å². The van der Waals surface area contributed by atoms with Crippen molar-refractivity contribution in [1.29, 1.82) is 0 Å². The average molecular weight is 408 g/mol. The highest BCUT2D eigenvalue weighted by molar-refractivity contribution is 7.09. The molecule has 5 nitrogen and oxygen atoms in total. The first-order valence-electron chi connectivity index (χ1n) is 8.92. The number of aryl methyl sites for hydroxylation is 1. The van der Waals surface area contributed by atoms with Crippen LogP contribution in [0.5, 0.6) is 0 Å². The Bertz CT molecular complexity index is 991. The molecule has 3 aromatic rings. The van der Waals surface area contributed by atoms with Crippen LogP contribution in [0.2, 0.25) is 0 Å². The fourth-order valence-electron chi connectivity index (χ4n) is 3.49. The molecule has 28 heavy (non-hydrogen) atoms. The van der Waals surface area contributed by atoms with Crippen LogP contribution in [-0.2, 0) is 11.3 Å². The summed E-state index contributed by atoms with van der Waals surface area (Å²) in [7, 11) is 0. The van der Waals surface area contributed by atoms with E-state index in [2.05, 4.69) is 14.3 Å². The second-order valence-electron chi connectivity index (χ2n) is 7.03. The first-order chi connectivity index (χ1) is 13.3. The zero-order valence-corrected chi connectivity index (χ0v) is 16.2. The molecule has 1 aromatic carbocycles. The molecule has 0 amide bonds. The molecule has 3 heterocycles. The molecule has 2 atom stereocenters. The van der Waals surface area contributed by atoms with Gasteiger partial charge in [-0.1, -0.05) is 12.1 Å². The highest BCUT2D eigenvalue weighted by Gasteiger charge is 2.44. The molecule has 0 aliphatic carbocycles. The maximum absolute atomic E-state index is 13.1. The molecule has 1 aliphatic rings. The minimum atomic E-state index is -4.35. The molecule has 1 saturated heterocycles. The molecule has 0 bridgehead atoms. The quantitative estimate of drug-likeness (QED) is 0.650. The Balaban J connectivity index is 1.58. The van der Waals surface area contributed by atoms with E-state index in [1.807, 2.05) is 31.2 Å². The van der Waals surface area contributed by atoms with Gasteiger partial charge in [0.1, 0.15) is 10.8 Å². The number of halogens is 3. The summed E-state index contributed by atoms with van der Waals surface area (Å²) in [5.41, 5.74) is 2.66. The van der Waals surface area contributed by atoms with Crippen LogP contribution in [-0.4, -0.2) is 50.7 Å². The van der Waals surface area contributed by atoms with Gasteiger partial charge in [-0.05, 0) is 43.1 Å². The third-order valence-electron chi connectivity index (χ3n) is 4.67.